The predicted molar refractivity (Wildman–Crippen MR) is 120 cm³/mol. The number of carbonyl (C=O) groups excluding carboxylic acids is 1. The van der Waals surface area contributed by atoms with Crippen molar-refractivity contribution in [3.8, 4) is 17.2 Å². The summed E-state index contributed by atoms with van der Waals surface area (Å²) in [5, 5.41) is 12.9. The van der Waals surface area contributed by atoms with Crippen molar-refractivity contribution in [2.75, 3.05) is 18.5 Å². The van der Waals surface area contributed by atoms with E-state index in [4.69, 9.17) is 4.74 Å². The maximum absolute atomic E-state index is 12.7. The zero-order valence-corrected chi connectivity index (χ0v) is 18.2. The number of nitrogens with one attached hydrogen (secondary N) is 1. The van der Waals surface area contributed by atoms with E-state index in [9.17, 15) is 14.9 Å². The van der Waals surface area contributed by atoms with E-state index in [1.165, 1.54) is 6.92 Å². The molecule has 1 saturated carbocycles. The minimum Gasteiger partial charge on any atom is -0.379 e. The molecule has 1 N–H and O–H groups in total. The van der Waals surface area contributed by atoms with E-state index in [-0.39, 0.29) is 29.0 Å². The number of pyridine rings is 2. The zero-order valence-electron chi connectivity index (χ0n) is 18.2. The fourth-order valence-electron chi connectivity index (χ4n) is 4.76. The van der Waals surface area contributed by atoms with Gasteiger partial charge in [0.25, 0.3) is 5.56 Å². The molecule has 8 heteroatoms. The number of ether oxygens (including phenoxy) is 1. The second-order valence-electron chi connectivity index (χ2n) is 9.09. The Morgan fingerprint density at radius 1 is 1.34 bits per heavy atom. The molecular weight excluding hydrogens is 406 g/mol. The second kappa shape index (κ2) is 7.61. The standard InChI is InChI=1S/C24H25N5O3/c1-15(30)27-22-9-19-20(13-28(21(19)11-26-22)18-7-16(8-18)10-25)17-3-4-23(31)29(12-17)24(2)5-6-32-14-24/h3-4,9,11-13,16,18H,5-8,14H2,1-2H3,(H,26,27,30). The van der Waals surface area contributed by atoms with Gasteiger partial charge >= 0.3 is 0 Å². The molecule has 1 aliphatic carbocycles. The van der Waals surface area contributed by atoms with Gasteiger partial charge in [0.1, 0.15) is 5.82 Å². The van der Waals surface area contributed by atoms with Gasteiger partial charge in [-0.05, 0) is 38.3 Å². The van der Waals surface area contributed by atoms with Crippen molar-refractivity contribution in [1.82, 2.24) is 14.1 Å². The number of anilines is 1. The number of carbonyl (C=O) groups is 1. The quantitative estimate of drug-likeness (QED) is 0.682. The average molecular weight is 431 g/mol. The lowest BCUT2D eigenvalue weighted by molar-refractivity contribution is -0.114. The molecule has 4 heterocycles. The van der Waals surface area contributed by atoms with E-state index in [2.05, 4.69) is 27.1 Å². The summed E-state index contributed by atoms with van der Waals surface area (Å²) in [4.78, 5) is 28.7. The molecule has 1 aliphatic heterocycles. The van der Waals surface area contributed by atoms with Crippen molar-refractivity contribution in [3.63, 3.8) is 0 Å². The van der Waals surface area contributed by atoms with Crippen LogP contribution >= 0.6 is 0 Å². The molecule has 5 rings (SSSR count). The maximum atomic E-state index is 12.7. The molecule has 0 spiro atoms. The van der Waals surface area contributed by atoms with E-state index in [0.717, 1.165) is 41.3 Å². The number of hydrogen-bond acceptors (Lipinski definition) is 5. The van der Waals surface area contributed by atoms with Gasteiger partial charge in [0.2, 0.25) is 5.91 Å². The van der Waals surface area contributed by atoms with Crippen LogP contribution < -0.4 is 10.9 Å². The summed E-state index contributed by atoms with van der Waals surface area (Å²) in [6.45, 7) is 4.64. The normalized spacial score (nSPS) is 24.8. The smallest absolute Gasteiger partial charge is 0.251 e. The van der Waals surface area contributed by atoms with Crippen molar-refractivity contribution in [2.45, 2.75) is 44.7 Å². The highest BCUT2D eigenvalue weighted by molar-refractivity contribution is 5.98. The first-order valence-electron chi connectivity index (χ1n) is 10.9. The van der Waals surface area contributed by atoms with Gasteiger partial charge in [0, 0.05) is 54.5 Å². The van der Waals surface area contributed by atoms with Crippen LogP contribution in [0.2, 0.25) is 0 Å². The molecule has 1 atom stereocenters. The van der Waals surface area contributed by atoms with Crippen LogP contribution in [0.3, 0.4) is 0 Å². The highest BCUT2D eigenvalue weighted by Crippen LogP contribution is 2.42. The van der Waals surface area contributed by atoms with Crippen molar-refractivity contribution >= 4 is 22.6 Å². The number of nitrogens with zero attached hydrogens (tertiary/aromatic N) is 4. The van der Waals surface area contributed by atoms with E-state index < -0.39 is 0 Å². The lowest BCUT2D eigenvalue weighted by Crippen LogP contribution is -2.38. The van der Waals surface area contributed by atoms with Gasteiger partial charge in [0.15, 0.2) is 0 Å². The SMILES string of the molecule is CC(=O)Nc1cc2c(-c3ccc(=O)n(C4(C)CCOC4)c3)cn(C3CC(C#N)C3)c2cn1. The summed E-state index contributed by atoms with van der Waals surface area (Å²) in [5.41, 5.74) is 2.40. The molecule has 2 fully saturated rings. The van der Waals surface area contributed by atoms with Crippen LogP contribution in [0.15, 0.2) is 41.6 Å². The summed E-state index contributed by atoms with van der Waals surface area (Å²) >= 11 is 0. The lowest BCUT2D eigenvalue weighted by Gasteiger charge is -2.32. The largest absolute Gasteiger partial charge is 0.379 e. The van der Waals surface area contributed by atoms with Crippen molar-refractivity contribution in [2.24, 2.45) is 5.92 Å². The highest BCUT2D eigenvalue weighted by Gasteiger charge is 2.34. The molecule has 3 aromatic heterocycles. The Morgan fingerprint density at radius 2 is 2.16 bits per heavy atom. The van der Waals surface area contributed by atoms with Crippen molar-refractivity contribution in [3.05, 3.63) is 47.1 Å². The number of fused-ring (bicyclic) bond motifs is 1. The monoisotopic (exact) mass is 431 g/mol. The van der Waals surface area contributed by atoms with Crippen LogP contribution in [-0.4, -0.2) is 33.2 Å². The Kier molecular flexibility index (Phi) is 4.86. The summed E-state index contributed by atoms with van der Waals surface area (Å²) in [6.07, 6.45) is 8.16. The molecule has 2 aliphatic rings. The topological polar surface area (TPSA) is 102 Å². The third-order valence-corrected chi connectivity index (χ3v) is 6.71. The molecule has 32 heavy (non-hydrogen) atoms. The Morgan fingerprint density at radius 3 is 2.84 bits per heavy atom. The van der Waals surface area contributed by atoms with Gasteiger partial charge in [-0.25, -0.2) is 4.98 Å². The molecule has 0 radical (unpaired) electrons. The molecule has 1 saturated heterocycles. The van der Waals surface area contributed by atoms with Crippen LogP contribution in [0.25, 0.3) is 22.0 Å². The number of amides is 1. The fourth-order valence-corrected chi connectivity index (χ4v) is 4.76. The number of rotatable bonds is 4. The van der Waals surface area contributed by atoms with Crippen LogP contribution in [0.1, 0.15) is 39.2 Å². The van der Waals surface area contributed by atoms with Crippen LogP contribution in [0, 0.1) is 17.2 Å². The summed E-state index contributed by atoms with van der Waals surface area (Å²) in [6, 6.07) is 7.89. The highest BCUT2D eigenvalue weighted by atomic mass is 16.5. The minimum atomic E-state index is -0.373. The Hall–Kier alpha value is -3.44. The Bertz CT molecular complexity index is 1300. The molecular formula is C24H25N5O3. The first-order chi connectivity index (χ1) is 15.4. The number of aromatic nitrogens is 3. The first kappa shape index (κ1) is 20.5. The summed E-state index contributed by atoms with van der Waals surface area (Å²) in [5.74, 6) is 0.380. The molecule has 1 unspecified atom stereocenters. The van der Waals surface area contributed by atoms with Crippen LogP contribution in [-0.2, 0) is 15.1 Å². The third-order valence-electron chi connectivity index (χ3n) is 6.71. The van der Waals surface area contributed by atoms with Crippen molar-refractivity contribution in [1.29, 1.82) is 5.26 Å². The number of hydrogen-bond donors (Lipinski definition) is 1. The fraction of sp³-hybridized carbons (Fsp3) is 0.417. The third kappa shape index (κ3) is 3.39. The molecule has 3 aromatic rings. The van der Waals surface area contributed by atoms with E-state index in [0.29, 0.717) is 19.0 Å². The van der Waals surface area contributed by atoms with Crippen molar-refractivity contribution < 1.29 is 9.53 Å². The van der Waals surface area contributed by atoms with Gasteiger partial charge in [-0.1, -0.05) is 0 Å². The summed E-state index contributed by atoms with van der Waals surface area (Å²) in [7, 11) is 0. The second-order valence-corrected chi connectivity index (χ2v) is 9.09. The van der Waals surface area contributed by atoms with Crippen LogP contribution in [0.4, 0.5) is 5.82 Å². The molecule has 8 nitrogen and oxygen atoms in total. The molecule has 164 valence electrons. The number of nitriles is 1. The van der Waals surface area contributed by atoms with Crippen LogP contribution in [0.5, 0.6) is 0 Å². The zero-order chi connectivity index (χ0) is 22.5. The Labute approximate surface area is 185 Å². The van der Waals surface area contributed by atoms with Gasteiger partial charge in [0.05, 0.1) is 35.8 Å². The predicted octanol–water partition coefficient (Wildman–Crippen LogP) is 3.43. The van der Waals surface area contributed by atoms with Gasteiger partial charge in [-0.15, -0.1) is 0 Å². The van der Waals surface area contributed by atoms with Gasteiger partial charge in [-0.2, -0.15) is 5.26 Å². The summed E-state index contributed by atoms with van der Waals surface area (Å²) < 4.78 is 9.54. The molecule has 0 aromatic carbocycles. The average Bonchev–Trinajstić information content (AvgIpc) is 3.32. The first-order valence-corrected chi connectivity index (χ1v) is 10.9. The lowest BCUT2D eigenvalue weighted by atomic mass is 9.81. The molecule has 1 amide bonds. The van der Waals surface area contributed by atoms with E-state index >= 15 is 0 Å². The minimum absolute atomic E-state index is 0.0538. The maximum Gasteiger partial charge on any atom is 0.251 e. The van der Waals surface area contributed by atoms with Gasteiger partial charge in [-0.3, -0.25) is 9.59 Å². The molecule has 0 bridgehead atoms. The van der Waals surface area contributed by atoms with Gasteiger partial charge < -0.3 is 19.2 Å². The Balaban J connectivity index is 1.65. The van der Waals surface area contributed by atoms with E-state index in [1.54, 1.807) is 16.8 Å². The van der Waals surface area contributed by atoms with E-state index in [1.807, 2.05) is 25.3 Å².